The Balaban J connectivity index is 1.70. The van der Waals surface area contributed by atoms with Crippen LogP contribution in [0.3, 0.4) is 0 Å². The summed E-state index contributed by atoms with van der Waals surface area (Å²) in [6.45, 7) is 4.40. The van der Waals surface area contributed by atoms with Gasteiger partial charge in [0, 0.05) is 48.3 Å². The number of carbonyl (C=O) groups excluding carboxylic acids is 1. The third kappa shape index (κ3) is 6.52. The summed E-state index contributed by atoms with van der Waals surface area (Å²) in [6, 6.07) is 4.25. The normalized spacial score (nSPS) is 16.4. The van der Waals surface area contributed by atoms with Crippen LogP contribution < -0.4 is 5.32 Å². The minimum absolute atomic E-state index is 0.102. The van der Waals surface area contributed by atoms with Crippen LogP contribution in [0.2, 0.25) is 0 Å². The lowest BCUT2D eigenvalue weighted by Gasteiger charge is -2.14. The molecule has 1 N–H and O–H groups in total. The molecule has 1 saturated heterocycles. The van der Waals surface area contributed by atoms with Gasteiger partial charge in [0.05, 0.1) is 29.2 Å². The SMILES string of the molecule is C/C(=C/C(OCc1ncc(F)cc1F)=C(/Cl)c1cc(-c2ccnc(C3CCOC3)n2)ncc1C)NC=O. The van der Waals surface area contributed by atoms with Gasteiger partial charge >= 0.3 is 0 Å². The number of aryl methyl sites for hydroxylation is 1. The quantitative estimate of drug-likeness (QED) is 0.242. The Labute approximate surface area is 217 Å². The van der Waals surface area contributed by atoms with Crippen LogP contribution >= 0.6 is 11.6 Å². The first kappa shape index (κ1) is 26.3. The van der Waals surface area contributed by atoms with Crippen LogP contribution in [0.4, 0.5) is 8.78 Å². The fraction of sp³-hybridized carbons (Fsp3) is 0.269. The lowest BCUT2D eigenvalue weighted by Crippen LogP contribution is -2.08. The smallest absolute Gasteiger partial charge is 0.211 e. The molecule has 4 heterocycles. The van der Waals surface area contributed by atoms with Gasteiger partial charge in [-0.15, -0.1) is 0 Å². The van der Waals surface area contributed by atoms with Gasteiger partial charge in [-0.2, -0.15) is 0 Å². The number of rotatable bonds is 9. The van der Waals surface area contributed by atoms with E-state index < -0.39 is 11.6 Å². The van der Waals surface area contributed by atoms with E-state index in [0.717, 1.165) is 24.2 Å². The number of hydrogen-bond acceptors (Lipinski definition) is 7. The van der Waals surface area contributed by atoms with Crippen molar-refractivity contribution in [3.63, 3.8) is 0 Å². The number of hydrogen-bond donors (Lipinski definition) is 1. The maximum absolute atomic E-state index is 14.1. The van der Waals surface area contributed by atoms with E-state index in [9.17, 15) is 13.6 Å². The first-order valence-electron chi connectivity index (χ1n) is 11.4. The largest absolute Gasteiger partial charge is 0.486 e. The number of halogens is 3. The summed E-state index contributed by atoms with van der Waals surface area (Å²) < 4.78 is 38.6. The lowest BCUT2D eigenvalue weighted by molar-refractivity contribution is -0.108. The minimum Gasteiger partial charge on any atom is -0.486 e. The zero-order chi connectivity index (χ0) is 26.4. The Kier molecular flexibility index (Phi) is 8.52. The summed E-state index contributed by atoms with van der Waals surface area (Å²) in [7, 11) is 0. The van der Waals surface area contributed by atoms with E-state index in [2.05, 4.69) is 25.3 Å². The van der Waals surface area contributed by atoms with Crippen molar-refractivity contribution in [2.24, 2.45) is 0 Å². The first-order valence-corrected chi connectivity index (χ1v) is 11.8. The summed E-state index contributed by atoms with van der Waals surface area (Å²) in [4.78, 5) is 28.2. The maximum Gasteiger partial charge on any atom is 0.211 e. The van der Waals surface area contributed by atoms with Crippen LogP contribution in [0.25, 0.3) is 16.4 Å². The Hall–Kier alpha value is -3.76. The summed E-state index contributed by atoms with van der Waals surface area (Å²) >= 11 is 6.79. The molecule has 1 aliphatic rings. The number of aromatic nitrogens is 4. The highest BCUT2D eigenvalue weighted by molar-refractivity contribution is 6.49. The zero-order valence-corrected chi connectivity index (χ0v) is 20.9. The van der Waals surface area contributed by atoms with Crippen molar-refractivity contribution in [2.45, 2.75) is 32.8 Å². The topological polar surface area (TPSA) is 99.1 Å². The predicted octanol–water partition coefficient (Wildman–Crippen LogP) is 4.80. The van der Waals surface area contributed by atoms with Crippen LogP contribution in [-0.4, -0.2) is 39.6 Å². The molecule has 0 saturated carbocycles. The average Bonchev–Trinajstić information content (AvgIpc) is 3.43. The van der Waals surface area contributed by atoms with E-state index in [-0.39, 0.29) is 29.0 Å². The monoisotopic (exact) mass is 527 g/mol. The molecule has 0 aromatic carbocycles. The Bertz CT molecular complexity index is 1360. The molecule has 37 heavy (non-hydrogen) atoms. The van der Waals surface area contributed by atoms with E-state index in [4.69, 9.17) is 21.1 Å². The minimum atomic E-state index is -0.850. The molecule has 3 aromatic heterocycles. The summed E-state index contributed by atoms with van der Waals surface area (Å²) in [5.74, 6) is -0.680. The highest BCUT2D eigenvalue weighted by atomic mass is 35.5. The second-order valence-electron chi connectivity index (χ2n) is 8.38. The van der Waals surface area contributed by atoms with E-state index in [1.165, 1.54) is 6.08 Å². The standard InChI is InChI=1S/C26H24ClF2N5O3/c1-15-10-31-22(21-3-5-30-26(34-21)17-4-6-36-12-17)9-19(15)25(27)24(7-16(2)33-14-35)37-13-23-20(29)8-18(28)11-32-23/h3,5,7-11,14,17H,4,6,12-13H2,1-2H3,(H,33,35)/b16-7-,25-24-. The van der Waals surface area contributed by atoms with Crippen molar-refractivity contribution in [3.05, 3.63) is 88.6 Å². The van der Waals surface area contributed by atoms with Gasteiger partial charge in [0.2, 0.25) is 6.41 Å². The van der Waals surface area contributed by atoms with Crippen molar-refractivity contribution < 1.29 is 23.0 Å². The molecule has 4 rings (SSSR count). The summed E-state index contributed by atoms with van der Waals surface area (Å²) in [5.41, 5.74) is 2.86. The molecule has 1 amide bonds. The predicted molar refractivity (Wildman–Crippen MR) is 133 cm³/mol. The molecular weight excluding hydrogens is 504 g/mol. The number of pyridine rings is 2. The van der Waals surface area contributed by atoms with E-state index in [0.29, 0.717) is 48.1 Å². The number of allylic oxidation sites excluding steroid dienone is 2. The van der Waals surface area contributed by atoms with Crippen LogP contribution in [0, 0.1) is 18.6 Å². The van der Waals surface area contributed by atoms with Crippen LogP contribution in [0.15, 0.2) is 54.3 Å². The lowest BCUT2D eigenvalue weighted by atomic mass is 10.1. The Morgan fingerprint density at radius 3 is 2.81 bits per heavy atom. The Morgan fingerprint density at radius 1 is 1.24 bits per heavy atom. The fourth-order valence-electron chi connectivity index (χ4n) is 3.68. The molecule has 0 aliphatic carbocycles. The van der Waals surface area contributed by atoms with Crippen LogP contribution in [-0.2, 0) is 20.9 Å². The maximum atomic E-state index is 14.1. The van der Waals surface area contributed by atoms with E-state index in [1.807, 2.05) is 6.92 Å². The number of nitrogens with zero attached hydrogens (tertiary/aromatic N) is 4. The van der Waals surface area contributed by atoms with Crippen LogP contribution in [0.5, 0.6) is 0 Å². The first-order chi connectivity index (χ1) is 17.9. The molecule has 0 bridgehead atoms. The van der Waals surface area contributed by atoms with E-state index >= 15 is 0 Å². The fourth-order valence-corrected chi connectivity index (χ4v) is 3.99. The third-order valence-corrected chi connectivity index (χ3v) is 6.06. The molecule has 11 heteroatoms. The van der Waals surface area contributed by atoms with Gasteiger partial charge in [-0.1, -0.05) is 11.6 Å². The molecule has 1 unspecified atom stereocenters. The van der Waals surface area contributed by atoms with Crippen LogP contribution in [0.1, 0.15) is 41.9 Å². The zero-order valence-electron chi connectivity index (χ0n) is 20.2. The van der Waals surface area contributed by atoms with Crippen molar-refractivity contribution in [1.29, 1.82) is 0 Å². The van der Waals surface area contributed by atoms with Gasteiger partial charge in [-0.25, -0.2) is 18.7 Å². The van der Waals surface area contributed by atoms with E-state index in [1.54, 1.807) is 31.5 Å². The van der Waals surface area contributed by atoms with Crippen molar-refractivity contribution >= 4 is 23.0 Å². The average molecular weight is 528 g/mol. The third-order valence-electron chi connectivity index (χ3n) is 5.67. The van der Waals surface area contributed by atoms with Crippen molar-refractivity contribution in [3.8, 4) is 11.4 Å². The second kappa shape index (κ2) is 12.0. The van der Waals surface area contributed by atoms with Gasteiger partial charge in [-0.05, 0) is 38.0 Å². The highest BCUT2D eigenvalue weighted by Gasteiger charge is 2.21. The molecular formula is C26H24ClF2N5O3. The van der Waals surface area contributed by atoms with Gasteiger partial charge in [-0.3, -0.25) is 14.8 Å². The van der Waals surface area contributed by atoms with Gasteiger partial charge in [0.1, 0.15) is 29.7 Å². The summed E-state index contributed by atoms with van der Waals surface area (Å²) in [5, 5.41) is 2.70. The molecule has 0 radical (unpaired) electrons. The molecule has 1 fully saturated rings. The summed E-state index contributed by atoms with van der Waals surface area (Å²) in [6.07, 6.45) is 7.11. The second-order valence-corrected chi connectivity index (χ2v) is 8.76. The van der Waals surface area contributed by atoms with Crippen molar-refractivity contribution in [2.75, 3.05) is 13.2 Å². The number of amides is 1. The highest BCUT2D eigenvalue weighted by Crippen LogP contribution is 2.31. The number of nitrogens with one attached hydrogen (secondary N) is 1. The molecule has 192 valence electrons. The molecule has 0 spiro atoms. The van der Waals surface area contributed by atoms with Crippen molar-refractivity contribution in [1.82, 2.24) is 25.3 Å². The molecule has 1 aliphatic heterocycles. The van der Waals surface area contributed by atoms with Gasteiger partial charge in [0.15, 0.2) is 5.82 Å². The number of ether oxygens (including phenoxy) is 2. The Morgan fingerprint density at radius 2 is 2.08 bits per heavy atom. The van der Waals surface area contributed by atoms with Gasteiger partial charge < -0.3 is 14.8 Å². The number of carbonyl (C=O) groups is 1. The molecule has 1 atom stereocenters. The van der Waals surface area contributed by atoms with Gasteiger partial charge in [0.25, 0.3) is 0 Å². The molecule has 3 aromatic rings. The molecule has 8 nitrogen and oxygen atoms in total.